The molecule has 4 aliphatic rings. The highest BCUT2D eigenvalue weighted by Crippen LogP contribution is 2.42. The van der Waals surface area contributed by atoms with Crippen LogP contribution in [0, 0.1) is 5.92 Å². The molecular weight excluding hydrogens is 521 g/mol. The summed E-state index contributed by atoms with van der Waals surface area (Å²) < 4.78 is 28.0. The van der Waals surface area contributed by atoms with Gasteiger partial charge in [-0.05, 0) is 55.8 Å². The van der Waals surface area contributed by atoms with Crippen LogP contribution < -0.4 is 4.72 Å². The molecule has 1 aromatic rings. The Kier molecular flexibility index (Phi) is 7.90. The largest absolute Gasteiger partial charge is 0.342 e. The molecule has 1 saturated carbocycles. The van der Waals surface area contributed by atoms with Crippen molar-refractivity contribution >= 4 is 39.3 Å². The Bertz CT molecular complexity index is 1070. The third-order valence-electron chi connectivity index (χ3n) is 8.60. The van der Waals surface area contributed by atoms with Crippen LogP contribution in [0.5, 0.6) is 0 Å². The van der Waals surface area contributed by atoms with Gasteiger partial charge in [-0.3, -0.25) is 9.69 Å². The summed E-state index contributed by atoms with van der Waals surface area (Å²) in [6, 6.07) is 6.46. The van der Waals surface area contributed by atoms with Crippen LogP contribution >= 0.6 is 23.2 Å². The van der Waals surface area contributed by atoms with Crippen LogP contribution in [0.25, 0.3) is 0 Å². The number of hydrogen-bond donors (Lipinski definition) is 1. The Morgan fingerprint density at radius 3 is 2.44 bits per heavy atom. The van der Waals surface area contributed by atoms with Gasteiger partial charge in [-0.1, -0.05) is 29.3 Å². The van der Waals surface area contributed by atoms with Crippen LogP contribution in [0.3, 0.4) is 0 Å². The van der Waals surface area contributed by atoms with Gasteiger partial charge in [0.15, 0.2) is 0 Å². The maximum atomic E-state index is 12.7. The highest BCUT2D eigenvalue weighted by molar-refractivity contribution is 7.87. The van der Waals surface area contributed by atoms with E-state index in [2.05, 4.69) is 25.5 Å². The van der Waals surface area contributed by atoms with Gasteiger partial charge in [-0.2, -0.15) is 12.7 Å². The number of hydrogen-bond acceptors (Lipinski definition) is 5. The number of amides is 1. The van der Waals surface area contributed by atoms with Gasteiger partial charge in [0.25, 0.3) is 10.2 Å². The fourth-order valence-corrected chi connectivity index (χ4v) is 7.19. The van der Waals surface area contributed by atoms with Crippen molar-refractivity contribution in [2.24, 2.45) is 5.92 Å². The molecule has 1 N–H and O–H groups in total. The van der Waals surface area contributed by atoms with E-state index in [-0.39, 0.29) is 11.3 Å². The number of piperidine rings is 1. The third-order valence-corrected chi connectivity index (χ3v) is 10.9. The average Bonchev–Trinajstić information content (AvgIpc) is 3.66. The molecule has 1 aliphatic carbocycles. The fraction of sp³-hybridized carbons (Fsp3) is 0.720. The first-order chi connectivity index (χ1) is 17.2. The Balaban J connectivity index is 1.20. The van der Waals surface area contributed by atoms with Crippen LogP contribution in [0.4, 0.5) is 0 Å². The molecule has 11 heteroatoms. The molecule has 8 nitrogen and oxygen atoms in total. The minimum absolute atomic E-state index is 0.116. The van der Waals surface area contributed by atoms with Crippen LogP contribution in [0.1, 0.15) is 37.7 Å². The highest BCUT2D eigenvalue weighted by Gasteiger charge is 2.43. The van der Waals surface area contributed by atoms with E-state index in [0.29, 0.717) is 41.5 Å². The molecule has 5 rings (SSSR count). The van der Waals surface area contributed by atoms with Crippen molar-refractivity contribution in [3.8, 4) is 0 Å². The van der Waals surface area contributed by atoms with Crippen molar-refractivity contribution in [3.63, 3.8) is 0 Å². The molecule has 0 aromatic heterocycles. The SMILES string of the molecule is CNS(=O)(=O)N1CCN(C2CN(CCC3(c4ccc(Cl)c(Cl)c4)CCC(=O)N(CC4CC4)C3)C2)CC1. The van der Waals surface area contributed by atoms with E-state index in [1.165, 1.54) is 29.8 Å². The van der Waals surface area contributed by atoms with Gasteiger partial charge in [0.05, 0.1) is 10.0 Å². The molecule has 1 atom stereocenters. The van der Waals surface area contributed by atoms with Crippen molar-refractivity contribution in [2.45, 2.75) is 43.6 Å². The lowest BCUT2D eigenvalue weighted by molar-refractivity contribution is -0.136. The summed E-state index contributed by atoms with van der Waals surface area (Å²) in [5.74, 6) is 0.944. The van der Waals surface area contributed by atoms with Crippen molar-refractivity contribution in [1.29, 1.82) is 0 Å². The van der Waals surface area contributed by atoms with Gasteiger partial charge in [-0.15, -0.1) is 0 Å². The summed E-state index contributed by atoms with van der Waals surface area (Å²) in [5, 5.41) is 1.13. The summed E-state index contributed by atoms with van der Waals surface area (Å²) in [7, 11) is -1.88. The maximum Gasteiger partial charge on any atom is 0.279 e. The number of nitrogens with zero attached hydrogens (tertiary/aromatic N) is 4. The van der Waals surface area contributed by atoms with Gasteiger partial charge in [0, 0.05) is 77.3 Å². The molecular formula is C25H37Cl2N5O3S. The molecule has 4 fully saturated rings. The first-order valence-electron chi connectivity index (χ1n) is 13.1. The number of carbonyl (C=O) groups is 1. The van der Waals surface area contributed by atoms with E-state index >= 15 is 0 Å². The van der Waals surface area contributed by atoms with Crippen molar-refractivity contribution in [2.75, 3.05) is 66.0 Å². The number of nitrogens with one attached hydrogen (secondary N) is 1. The zero-order valence-electron chi connectivity index (χ0n) is 21.0. The van der Waals surface area contributed by atoms with E-state index in [1.54, 1.807) is 0 Å². The molecule has 36 heavy (non-hydrogen) atoms. The molecule has 0 spiro atoms. The number of piperazine rings is 1. The second-order valence-corrected chi connectivity index (χ2v) is 13.6. The van der Waals surface area contributed by atoms with Crippen LogP contribution in [0.15, 0.2) is 18.2 Å². The first kappa shape index (κ1) is 26.7. The molecule has 3 heterocycles. The molecule has 1 aromatic carbocycles. The smallest absolute Gasteiger partial charge is 0.279 e. The molecule has 200 valence electrons. The average molecular weight is 559 g/mol. The van der Waals surface area contributed by atoms with E-state index in [9.17, 15) is 13.2 Å². The van der Waals surface area contributed by atoms with Gasteiger partial charge in [-0.25, -0.2) is 4.72 Å². The number of carbonyl (C=O) groups excluding carboxylic acids is 1. The monoisotopic (exact) mass is 557 g/mol. The van der Waals surface area contributed by atoms with E-state index in [0.717, 1.165) is 58.7 Å². The minimum Gasteiger partial charge on any atom is -0.342 e. The fourth-order valence-electron chi connectivity index (χ4n) is 5.99. The second kappa shape index (κ2) is 10.7. The Labute approximate surface area is 225 Å². The quantitative estimate of drug-likeness (QED) is 0.504. The molecule has 0 bridgehead atoms. The van der Waals surface area contributed by atoms with Gasteiger partial charge >= 0.3 is 0 Å². The number of rotatable bonds is 9. The lowest BCUT2D eigenvalue weighted by Gasteiger charge is -2.50. The first-order valence-corrected chi connectivity index (χ1v) is 15.3. The van der Waals surface area contributed by atoms with E-state index < -0.39 is 10.2 Å². The van der Waals surface area contributed by atoms with Crippen molar-refractivity contribution in [3.05, 3.63) is 33.8 Å². The lowest BCUT2D eigenvalue weighted by atomic mass is 9.71. The van der Waals surface area contributed by atoms with E-state index in [1.807, 2.05) is 12.1 Å². The molecule has 3 saturated heterocycles. The van der Waals surface area contributed by atoms with E-state index in [4.69, 9.17) is 23.2 Å². The third kappa shape index (κ3) is 5.72. The molecule has 3 aliphatic heterocycles. The zero-order chi connectivity index (χ0) is 25.5. The maximum absolute atomic E-state index is 12.7. The van der Waals surface area contributed by atoms with Gasteiger partial charge in [0.1, 0.15) is 0 Å². The molecule has 0 radical (unpaired) electrons. The summed E-state index contributed by atoms with van der Waals surface area (Å²) in [4.78, 5) is 19.8. The Hall–Kier alpha value is -0.940. The topological polar surface area (TPSA) is 76.2 Å². The normalized spacial score (nSPS) is 27.4. The van der Waals surface area contributed by atoms with Crippen LogP contribution in [-0.2, 0) is 20.4 Å². The van der Waals surface area contributed by atoms with Crippen LogP contribution in [0.2, 0.25) is 10.0 Å². The van der Waals surface area contributed by atoms with Crippen molar-refractivity contribution in [1.82, 2.24) is 23.7 Å². The summed E-state index contributed by atoms with van der Waals surface area (Å²) in [5.41, 5.74) is 1.07. The van der Waals surface area contributed by atoms with Gasteiger partial charge < -0.3 is 9.80 Å². The molecule has 1 amide bonds. The molecule has 1 unspecified atom stereocenters. The second-order valence-electron chi connectivity index (χ2n) is 10.9. The summed E-state index contributed by atoms with van der Waals surface area (Å²) >= 11 is 12.7. The van der Waals surface area contributed by atoms with Crippen molar-refractivity contribution < 1.29 is 13.2 Å². The zero-order valence-corrected chi connectivity index (χ0v) is 23.3. The summed E-state index contributed by atoms with van der Waals surface area (Å²) in [6.45, 7) is 7.20. The lowest BCUT2D eigenvalue weighted by Crippen LogP contribution is -2.64. The summed E-state index contributed by atoms with van der Waals surface area (Å²) in [6.07, 6.45) is 4.85. The Morgan fingerprint density at radius 2 is 1.81 bits per heavy atom. The predicted molar refractivity (Wildman–Crippen MR) is 143 cm³/mol. The predicted octanol–water partition coefficient (Wildman–Crippen LogP) is 2.42. The highest BCUT2D eigenvalue weighted by atomic mass is 35.5. The minimum atomic E-state index is -3.34. The standard InChI is InChI=1S/C25H37Cl2N5O3S/c1-28-36(34,35)32-12-10-30(11-13-32)21-16-29(17-21)9-8-25(20-4-5-22(26)23(27)14-20)7-6-24(33)31(18-25)15-19-2-3-19/h4-5,14,19,21,28H,2-3,6-13,15-18H2,1H3. The van der Waals surface area contributed by atoms with Crippen LogP contribution in [-0.4, -0.2) is 105 Å². The number of benzene rings is 1. The van der Waals surface area contributed by atoms with Gasteiger partial charge in [0.2, 0.25) is 5.91 Å². The number of likely N-dealkylation sites (tertiary alicyclic amines) is 2. The number of halogens is 2. The Morgan fingerprint density at radius 1 is 1.08 bits per heavy atom.